The number of aryl methyl sites for hydroxylation is 2. The monoisotopic (exact) mass is 469 g/mol. The number of H-pyrrole nitrogens is 1. The largest absolute Gasteiger partial charge is 0.389 e. The second-order valence-corrected chi connectivity index (χ2v) is 10.1. The number of aliphatic hydroxyl groups is 1. The molecule has 1 unspecified atom stereocenters. The highest BCUT2D eigenvalue weighted by atomic mass is 32.1. The summed E-state index contributed by atoms with van der Waals surface area (Å²) in [6.07, 6.45) is 5.35. The van der Waals surface area contributed by atoms with Crippen LogP contribution in [0.1, 0.15) is 56.0 Å². The number of aliphatic hydroxyl groups excluding tert-OH is 1. The number of rotatable bonds is 9. The van der Waals surface area contributed by atoms with Crippen molar-refractivity contribution >= 4 is 21.6 Å². The van der Waals surface area contributed by atoms with E-state index in [1.54, 1.807) is 0 Å². The number of fused-ring (bicyclic) bond motifs is 1. The van der Waals surface area contributed by atoms with Crippen molar-refractivity contribution in [3.05, 3.63) is 50.9 Å². The fraction of sp³-hybridized carbons (Fsp3) is 0.538. The Labute approximate surface area is 199 Å². The fourth-order valence-electron chi connectivity index (χ4n) is 4.85. The average molecular weight is 470 g/mol. The Morgan fingerprint density at radius 1 is 1.24 bits per heavy atom. The summed E-state index contributed by atoms with van der Waals surface area (Å²) in [4.78, 5) is 24.1. The summed E-state index contributed by atoms with van der Waals surface area (Å²) in [6, 6.07) is 6.72. The molecule has 1 aliphatic rings. The maximum Gasteiger partial charge on any atom is 0.260 e. The SMILES string of the molecule is CCOCC(O)CN(Cc1nc2scc(-c3cc(C)ccc3C)c2c(=O)[nH]1)C1CCCCC1. The van der Waals surface area contributed by atoms with Gasteiger partial charge in [-0.15, -0.1) is 11.3 Å². The van der Waals surface area contributed by atoms with Crippen LogP contribution < -0.4 is 5.56 Å². The van der Waals surface area contributed by atoms with E-state index in [-0.39, 0.29) is 5.56 Å². The molecule has 1 fully saturated rings. The molecule has 0 amide bonds. The third-order valence-corrected chi connectivity index (χ3v) is 7.45. The van der Waals surface area contributed by atoms with Gasteiger partial charge in [-0.2, -0.15) is 0 Å². The van der Waals surface area contributed by atoms with Gasteiger partial charge in [0.25, 0.3) is 5.56 Å². The lowest BCUT2D eigenvalue weighted by molar-refractivity contribution is 0.00493. The molecule has 0 spiro atoms. The van der Waals surface area contributed by atoms with E-state index >= 15 is 0 Å². The third kappa shape index (κ3) is 5.72. The molecular formula is C26H35N3O3S. The number of aromatic nitrogens is 2. The van der Waals surface area contributed by atoms with Crippen molar-refractivity contribution in [2.24, 2.45) is 0 Å². The summed E-state index contributed by atoms with van der Waals surface area (Å²) in [5.74, 6) is 0.663. The molecule has 2 aromatic heterocycles. The molecule has 7 heteroatoms. The molecule has 4 rings (SSSR count). The van der Waals surface area contributed by atoms with Crippen molar-refractivity contribution in [3.63, 3.8) is 0 Å². The molecule has 33 heavy (non-hydrogen) atoms. The molecule has 6 nitrogen and oxygen atoms in total. The summed E-state index contributed by atoms with van der Waals surface area (Å²) >= 11 is 1.52. The molecular weight excluding hydrogens is 434 g/mol. The molecule has 0 aliphatic heterocycles. The summed E-state index contributed by atoms with van der Waals surface area (Å²) in [6.45, 7) is 8.03. The van der Waals surface area contributed by atoms with Crippen molar-refractivity contribution in [2.45, 2.75) is 71.6 Å². The Bertz CT molecular complexity index is 1130. The van der Waals surface area contributed by atoms with Gasteiger partial charge in [0, 0.05) is 30.1 Å². The average Bonchev–Trinajstić information content (AvgIpc) is 3.24. The summed E-state index contributed by atoms with van der Waals surface area (Å²) in [5, 5.41) is 13.2. The van der Waals surface area contributed by atoms with Crippen LogP contribution in [0.25, 0.3) is 21.3 Å². The highest BCUT2D eigenvalue weighted by Crippen LogP contribution is 2.33. The molecule has 2 heterocycles. The van der Waals surface area contributed by atoms with Crippen LogP contribution in [0.5, 0.6) is 0 Å². The zero-order chi connectivity index (χ0) is 23.4. The predicted octanol–water partition coefficient (Wildman–Crippen LogP) is 4.80. The Balaban J connectivity index is 1.62. The topological polar surface area (TPSA) is 78.5 Å². The molecule has 1 atom stereocenters. The van der Waals surface area contributed by atoms with E-state index < -0.39 is 6.10 Å². The van der Waals surface area contributed by atoms with Crippen LogP contribution in [0, 0.1) is 13.8 Å². The number of ether oxygens (including phenoxy) is 1. The van der Waals surface area contributed by atoms with E-state index in [2.05, 4.69) is 41.9 Å². The zero-order valence-corrected chi connectivity index (χ0v) is 20.7. The number of benzene rings is 1. The van der Waals surface area contributed by atoms with Crippen molar-refractivity contribution in [1.82, 2.24) is 14.9 Å². The van der Waals surface area contributed by atoms with Crippen molar-refractivity contribution in [2.75, 3.05) is 19.8 Å². The number of nitrogens with zero attached hydrogens (tertiary/aromatic N) is 2. The molecule has 1 aromatic carbocycles. The summed E-state index contributed by atoms with van der Waals surface area (Å²) in [5.41, 5.74) is 4.27. The van der Waals surface area contributed by atoms with E-state index in [0.29, 0.717) is 43.6 Å². The van der Waals surface area contributed by atoms with E-state index in [9.17, 15) is 9.90 Å². The highest BCUT2D eigenvalue weighted by molar-refractivity contribution is 7.17. The molecule has 0 bridgehead atoms. The van der Waals surface area contributed by atoms with Crippen molar-refractivity contribution in [1.29, 1.82) is 0 Å². The maximum absolute atomic E-state index is 13.2. The van der Waals surface area contributed by atoms with Crippen LogP contribution in [-0.2, 0) is 11.3 Å². The van der Waals surface area contributed by atoms with E-state index in [0.717, 1.165) is 34.4 Å². The Morgan fingerprint density at radius 3 is 2.79 bits per heavy atom. The first kappa shape index (κ1) is 24.1. The minimum absolute atomic E-state index is 0.0920. The standard InChI is InChI=1S/C26H35N3O3S/c1-4-32-15-20(30)13-29(19-8-6-5-7-9-19)14-23-27-25(31)24-22(16-33-26(24)28-23)21-12-17(2)10-11-18(21)3/h10-12,16,19-20,30H,4-9,13-15H2,1-3H3,(H,27,28,31). The molecule has 1 aliphatic carbocycles. The third-order valence-electron chi connectivity index (χ3n) is 6.58. The first-order valence-electron chi connectivity index (χ1n) is 12.0. The maximum atomic E-state index is 13.2. The Kier molecular flexibility index (Phi) is 7.96. The van der Waals surface area contributed by atoms with Crippen LogP contribution in [0.3, 0.4) is 0 Å². The van der Waals surface area contributed by atoms with E-state index in [4.69, 9.17) is 9.72 Å². The number of aromatic amines is 1. The lowest BCUT2D eigenvalue weighted by atomic mass is 9.94. The molecule has 178 valence electrons. The first-order chi connectivity index (χ1) is 16.0. The number of hydrogen-bond donors (Lipinski definition) is 2. The van der Waals surface area contributed by atoms with E-state index in [1.165, 1.54) is 36.2 Å². The first-order valence-corrected chi connectivity index (χ1v) is 12.9. The van der Waals surface area contributed by atoms with Gasteiger partial charge in [-0.3, -0.25) is 9.69 Å². The predicted molar refractivity (Wildman–Crippen MR) is 135 cm³/mol. The van der Waals surface area contributed by atoms with Crippen LogP contribution in [0.2, 0.25) is 0 Å². The van der Waals surface area contributed by atoms with Crippen LogP contribution >= 0.6 is 11.3 Å². The highest BCUT2D eigenvalue weighted by Gasteiger charge is 2.25. The number of thiophene rings is 1. The van der Waals surface area contributed by atoms with Crippen LogP contribution in [0.15, 0.2) is 28.4 Å². The Hall–Kier alpha value is -2.06. The lowest BCUT2D eigenvalue weighted by Gasteiger charge is -2.35. The number of hydrogen-bond acceptors (Lipinski definition) is 6. The minimum atomic E-state index is -0.556. The molecule has 1 saturated carbocycles. The normalized spacial score (nSPS) is 16.0. The smallest absolute Gasteiger partial charge is 0.260 e. The second kappa shape index (κ2) is 10.9. The van der Waals surface area contributed by atoms with Crippen molar-refractivity contribution in [3.8, 4) is 11.1 Å². The molecule has 2 N–H and O–H groups in total. The lowest BCUT2D eigenvalue weighted by Crippen LogP contribution is -2.43. The van der Waals surface area contributed by atoms with Gasteiger partial charge < -0.3 is 14.8 Å². The van der Waals surface area contributed by atoms with Crippen LogP contribution in [-0.4, -0.2) is 51.9 Å². The molecule has 0 radical (unpaired) electrons. The number of nitrogens with one attached hydrogen (secondary N) is 1. The van der Waals surface area contributed by atoms with Gasteiger partial charge in [0.05, 0.1) is 24.6 Å². The fourth-order valence-corrected chi connectivity index (χ4v) is 5.81. The molecule has 3 aromatic rings. The van der Waals surface area contributed by atoms with Gasteiger partial charge in [0.15, 0.2) is 0 Å². The van der Waals surface area contributed by atoms with Gasteiger partial charge in [0.2, 0.25) is 0 Å². The quantitative estimate of drug-likeness (QED) is 0.471. The summed E-state index contributed by atoms with van der Waals surface area (Å²) < 4.78 is 5.42. The van der Waals surface area contributed by atoms with Crippen LogP contribution in [0.4, 0.5) is 0 Å². The molecule has 0 saturated heterocycles. The summed E-state index contributed by atoms with van der Waals surface area (Å²) in [7, 11) is 0. The van der Waals surface area contributed by atoms with Gasteiger partial charge >= 0.3 is 0 Å². The Morgan fingerprint density at radius 2 is 2.03 bits per heavy atom. The van der Waals surface area contributed by atoms with Gasteiger partial charge in [-0.25, -0.2) is 4.98 Å². The van der Waals surface area contributed by atoms with Gasteiger partial charge in [0.1, 0.15) is 10.7 Å². The van der Waals surface area contributed by atoms with Crippen molar-refractivity contribution < 1.29 is 9.84 Å². The van der Waals surface area contributed by atoms with Gasteiger partial charge in [-0.1, -0.05) is 43.0 Å². The van der Waals surface area contributed by atoms with E-state index in [1.807, 2.05) is 12.3 Å². The minimum Gasteiger partial charge on any atom is -0.389 e. The van der Waals surface area contributed by atoms with Gasteiger partial charge in [-0.05, 0) is 44.7 Å². The zero-order valence-electron chi connectivity index (χ0n) is 19.9. The second-order valence-electron chi connectivity index (χ2n) is 9.20.